The molecule has 1 atom stereocenters. The van der Waals surface area contributed by atoms with E-state index in [1.807, 2.05) is 18.2 Å². The van der Waals surface area contributed by atoms with E-state index in [4.69, 9.17) is 16.7 Å². The molecule has 0 saturated carbocycles. The number of nitrogens with one attached hydrogen (secondary N) is 1. The second-order valence-electron chi connectivity index (χ2n) is 3.07. The monoisotopic (exact) mass is 249 g/mol. The van der Waals surface area contributed by atoms with Gasteiger partial charge in [-0.05, 0) is 24.6 Å². The second-order valence-corrected chi connectivity index (χ2v) is 3.51. The molecule has 15 heavy (non-hydrogen) atoms. The molecule has 0 saturated heterocycles. The van der Waals surface area contributed by atoms with Crippen LogP contribution in [-0.2, 0) is 11.3 Å². The third kappa shape index (κ3) is 5.02. The van der Waals surface area contributed by atoms with E-state index in [0.717, 1.165) is 5.56 Å². The van der Waals surface area contributed by atoms with Crippen LogP contribution < -0.4 is 5.32 Å². The standard InChI is InChI=1S/C10H12ClNO2.ClH/c1-7(10(13)14)12-6-8-3-2-4-9(11)5-8;/h2-5,7,12H,6H2,1H3,(H,13,14);1H. The van der Waals surface area contributed by atoms with Crippen molar-refractivity contribution in [3.63, 3.8) is 0 Å². The Morgan fingerprint density at radius 3 is 2.80 bits per heavy atom. The molecule has 1 unspecified atom stereocenters. The van der Waals surface area contributed by atoms with Gasteiger partial charge in [0.1, 0.15) is 6.04 Å². The highest BCUT2D eigenvalue weighted by Crippen LogP contribution is 2.10. The van der Waals surface area contributed by atoms with Crippen LogP contribution in [0.4, 0.5) is 0 Å². The highest BCUT2D eigenvalue weighted by atomic mass is 35.5. The van der Waals surface area contributed by atoms with Gasteiger partial charge in [-0.2, -0.15) is 0 Å². The molecule has 3 nitrogen and oxygen atoms in total. The normalized spacial score (nSPS) is 11.6. The summed E-state index contributed by atoms with van der Waals surface area (Å²) in [4.78, 5) is 10.5. The Morgan fingerprint density at radius 2 is 2.27 bits per heavy atom. The Hall–Kier alpha value is -0.770. The van der Waals surface area contributed by atoms with Crippen LogP contribution in [0, 0.1) is 0 Å². The van der Waals surface area contributed by atoms with Crippen LogP contribution in [0.15, 0.2) is 24.3 Å². The fourth-order valence-electron chi connectivity index (χ4n) is 1.01. The van der Waals surface area contributed by atoms with Gasteiger partial charge in [-0.25, -0.2) is 0 Å². The summed E-state index contributed by atoms with van der Waals surface area (Å²) in [6.45, 7) is 2.11. The van der Waals surface area contributed by atoms with Crippen LogP contribution in [0.25, 0.3) is 0 Å². The van der Waals surface area contributed by atoms with Crippen molar-refractivity contribution in [3.8, 4) is 0 Å². The van der Waals surface area contributed by atoms with E-state index in [1.54, 1.807) is 13.0 Å². The number of aliphatic carboxylic acids is 1. The van der Waals surface area contributed by atoms with E-state index in [9.17, 15) is 4.79 Å². The van der Waals surface area contributed by atoms with Crippen LogP contribution in [-0.4, -0.2) is 17.1 Å². The average molecular weight is 250 g/mol. The fourth-order valence-corrected chi connectivity index (χ4v) is 1.22. The van der Waals surface area contributed by atoms with Gasteiger partial charge < -0.3 is 10.4 Å². The van der Waals surface area contributed by atoms with Crippen LogP contribution in [0.2, 0.25) is 5.02 Å². The molecule has 1 aromatic carbocycles. The topological polar surface area (TPSA) is 49.3 Å². The van der Waals surface area contributed by atoms with Crippen molar-refractivity contribution < 1.29 is 9.90 Å². The van der Waals surface area contributed by atoms with E-state index in [2.05, 4.69) is 5.32 Å². The number of hydrogen-bond acceptors (Lipinski definition) is 2. The molecule has 0 aliphatic heterocycles. The molecule has 0 aliphatic rings. The Balaban J connectivity index is 0.00000196. The summed E-state index contributed by atoms with van der Waals surface area (Å²) >= 11 is 5.78. The minimum Gasteiger partial charge on any atom is -0.480 e. The lowest BCUT2D eigenvalue weighted by Crippen LogP contribution is -2.33. The Labute approximate surface area is 99.9 Å². The van der Waals surface area contributed by atoms with Crippen molar-refractivity contribution >= 4 is 30.0 Å². The van der Waals surface area contributed by atoms with Gasteiger partial charge in [0.05, 0.1) is 0 Å². The summed E-state index contributed by atoms with van der Waals surface area (Å²) in [6, 6.07) is 6.78. The number of carboxylic acids is 1. The first kappa shape index (κ1) is 14.2. The van der Waals surface area contributed by atoms with Gasteiger partial charge in [0, 0.05) is 11.6 Å². The molecule has 0 radical (unpaired) electrons. The van der Waals surface area contributed by atoms with E-state index in [1.165, 1.54) is 0 Å². The molecule has 0 amide bonds. The maximum absolute atomic E-state index is 10.5. The number of carbonyl (C=O) groups is 1. The van der Waals surface area contributed by atoms with Gasteiger partial charge in [0.15, 0.2) is 0 Å². The highest BCUT2D eigenvalue weighted by Gasteiger charge is 2.08. The molecular weight excluding hydrogens is 237 g/mol. The number of halogens is 2. The van der Waals surface area contributed by atoms with Crippen LogP contribution >= 0.6 is 24.0 Å². The first-order valence-corrected chi connectivity index (χ1v) is 4.68. The van der Waals surface area contributed by atoms with E-state index >= 15 is 0 Å². The number of carboxylic acid groups (broad SMARTS) is 1. The van der Waals surface area contributed by atoms with Crippen molar-refractivity contribution in [1.82, 2.24) is 5.32 Å². The van der Waals surface area contributed by atoms with Crippen molar-refractivity contribution in [2.75, 3.05) is 0 Å². The number of benzene rings is 1. The van der Waals surface area contributed by atoms with Crippen molar-refractivity contribution in [3.05, 3.63) is 34.9 Å². The van der Waals surface area contributed by atoms with Crippen molar-refractivity contribution in [2.45, 2.75) is 19.5 Å². The van der Waals surface area contributed by atoms with Gasteiger partial charge in [0.25, 0.3) is 0 Å². The maximum Gasteiger partial charge on any atom is 0.320 e. The van der Waals surface area contributed by atoms with E-state index in [-0.39, 0.29) is 12.4 Å². The summed E-state index contributed by atoms with van der Waals surface area (Å²) in [6.07, 6.45) is 0. The summed E-state index contributed by atoms with van der Waals surface area (Å²) in [5.74, 6) is -0.855. The van der Waals surface area contributed by atoms with E-state index in [0.29, 0.717) is 11.6 Å². The largest absolute Gasteiger partial charge is 0.480 e. The number of hydrogen-bond donors (Lipinski definition) is 2. The predicted molar refractivity (Wildman–Crippen MR) is 62.6 cm³/mol. The second kappa shape index (κ2) is 6.67. The Kier molecular flexibility index (Phi) is 6.32. The Bertz CT molecular complexity index is 331. The first-order valence-electron chi connectivity index (χ1n) is 4.30. The molecule has 0 spiro atoms. The minimum absolute atomic E-state index is 0. The molecule has 84 valence electrons. The first-order chi connectivity index (χ1) is 6.59. The minimum atomic E-state index is -0.855. The highest BCUT2D eigenvalue weighted by molar-refractivity contribution is 6.30. The third-order valence-electron chi connectivity index (χ3n) is 1.87. The SMILES string of the molecule is CC(NCc1cccc(Cl)c1)C(=O)O.Cl. The summed E-state index contributed by atoms with van der Waals surface area (Å²) in [7, 11) is 0. The third-order valence-corrected chi connectivity index (χ3v) is 2.11. The zero-order valence-corrected chi connectivity index (χ0v) is 9.81. The molecule has 0 aliphatic carbocycles. The van der Waals surface area contributed by atoms with Crippen LogP contribution in [0.5, 0.6) is 0 Å². The quantitative estimate of drug-likeness (QED) is 0.862. The average Bonchev–Trinajstić information content (AvgIpc) is 2.14. The summed E-state index contributed by atoms with van der Waals surface area (Å²) < 4.78 is 0. The predicted octanol–water partition coefficient (Wildman–Crippen LogP) is 2.32. The Morgan fingerprint density at radius 1 is 1.60 bits per heavy atom. The molecule has 0 aromatic heterocycles. The molecule has 5 heteroatoms. The van der Waals surface area contributed by atoms with E-state index < -0.39 is 12.0 Å². The molecule has 0 heterocycles. The molecule has 1 rings (SSSR count). The van der Waals surface area contributed by atoms with Crippen LogP contribution in [0.3, 0.4) is 0 Å². The van der Waals surface area contributed by atoms with Gasteiger partial charge in [0.2, 0.25) is 0 Å². The maximum atomic E-state index is 10.5. The fraction of sp³-hybridized carbons (Fsp3) is 0.300. The zero-order valence-electron chi connectivity index (χ0n) is 8.24. The lowest BCUT2D eigenvalue weighted by Gasteiger charge is -2.08. The zero-order chi connectivity index (χ0) is 10.6. The number of rotatable bonds is 4. The molecular formula is C10H13Cl2NO2. The molecule has 0 bridgehead atoms. The van der Waals surface area contributed by atoms with Gasteiger partial charge >= 0.3 is 5.97 Å². The smallest absolute Gasteiger partial charge is 0.320 e. The van der Waals surface area contributed by atoms with Gasteiger partial charge in [-0.15, -0.1) is 12.4 Å². The van der Waals surface area contributed by atoms with Gasteiger partial charge in [-0.1, -0.05) is 23.7 Å². The molecule has 0 fully saturated rings. The van der Waals surface area contributed by atoms with Crippen molar-refractivity contribution in [1.29, 1.82) is 0 Å². The van der Waals surface area contributed by atoms with Gasteiger partial charge in [-0.3, -0.25) is 4.79 Å². The lowest BCUT2D eigenvalue weighted by molar-refractivity contribution is -0.139. The molecule has 2 N–H and O–H groups in total. The lowest BCUT2D eigenvalue weighted by atomic mass is 10.2. The van der Waals surface area contributed by atoms with Crippen molar-refractivity contribution in [2.24, 2.45) is 0 Å². The summed E-state index contributed by atoms with van der Waals surface area (Å²) in [5.41, 5.74) is 0.977. The molecule has 1 aromatic rings. The van der Waals surface area contributed by atoms with Crippen LogP contribution in [0.1, 0.15) is 12.5 Å². The summed E-state index contributed by atoms with van der Waals surface area (Å²) in [5, 5.41) is 12.2.